The molecule has 4 heteroatoms. The second-order valence-electron chi connectivity index (χ2n) is 6.09. The van der Waals surface area contributed by atoms with Crippen molar-refractivity contribution in [2.24, 2.45) is 5.92 Å². The first-order valence-electron chi connectivity index (χ1n) is 8.15. The standard InChI is InChI=1S/C18H27NO3/c1-13(15-9-10-16(21-2)17(12-15)22-3)19-18(20)11-8-14-6-4-5-7-14/h9-10,12-14H,4-8,11H2,1-3H3,(H,19,20). The van der Waals surface area contributed by atoms with Crippen molar-refractivity contribution < 1.29 is 14.3 Å². The van der Waals surface area contributed by atoms with Gasteiger partial charge in [-0.15, -0.1) is 0 Å². The Morgan fingerprint density at radius 2 is 1.91 bits per heavy atom. The van der Waals surface area contributed by atoms with Gasteiger partial charge in [-0.05, 0) is 37.0 Å². The van der Waals surface area contributed by atoms with E-state index in [9.17, 15) is 4.79 Å². The Balaban J connectivity index is 1.87. The van der Waals surface area contributed by atoms with Gasteiger partial charge in [0, 0.05) is 6.42 Å². The van der Waals surface area contributed by atoms with Crippen LogP contribution in [-0.2, 0) is 4.79 Å². The van der Waals surface area contributed by atoms with E-state index in [0.29, 0.717) is 17.9 Å². The van der Waals surface area contributed by atoms with Crippen molar-refractivity contribution in [2.45, 2.75) is 51.5 Å². The largest absolute Gasteiger partial charge is 0.493 e. The summed E-state index contributed by atoms with van der Waals surface area (Å²) in [4.78, 5) is 12.1. The summed E-state index contributed by atoms with van der Waals surface area (Å²) < 4.78 is 10.5. The Kier molecular flexibility index (Phi) is 6.10. The molecule has 1 saturated carbocycles. The molecule has 1 aromatic rings. The second-order valence-corrected chi connectivity index (χ2v) is 6.09. The first kappa shape index (κ1) is 16.7. The van der Waals surface area contributed by atoms with Crippen molar-refractivity contribution in [1.29, 1.82) is 0 Å². The van der Waals surface area contributed by atoms with Crippen molar-refractivity contribution in [3.63, 3.8) is 0 Å². The summed E-state index contributed by atoms with van der Waals surface area (Å²) in [5.74, 6) is 2.27. The van der Waals surface area contributed by atoms with E-state index in [1.165, 1.54) is 25.7 Å². The molecule has 2 rings (SSSR count). The van der Waals surface area contributed by atoms with Crippen LogP contribution in [0.3, 0.4) is 0 Å². The Hall–Kier alpha value is -1.71. The average molecular weight is 305 g/mol. The molecule has 0 spiro atoms. The fourth-order valence-corrected chi connectivity index (χ4v) is 3.15. The summed E-state index contributed by atoms with van der Waals surface area (Å²) >= 11 is 0. The molecule has 1 amide bonds. The van der Waals surface area contributed by atoms with Crippen LogP contribution in [0.15, 0.2) is 18.2 Å². The predicted octanol–water partition coefficient (Wildman–Crippen LogP) is 3.85. The topological polar surface area (TPSA) is 47.6 Å². The molecule has 0 radical (unpaired) electrons. The normalized spacial score (nSPS) is 16.3. The molecule has 0 bridgehead atoms. The number of carbonyl (C=O) groups is 1. The van der Waals surface area contributed by atoms with Gasteiger partial charge in [0.25, 0.3) is 0 Å². The Bertz CT molecular complexity index is 495. The lowest BCUT2D eigenvalue weighted by molar-refractivity contribution is -0.122. The highest BCUT2D eigenvalue weighted by Gasteiger charge is 2.17. The number of hydrogen-bond acceptors (Lipinski definition) is 3. The highest BCUT2D eigenvalue weighted by Crippen LogP contribution is 2.30. The van der Waals surface area contributed by atoms with Gasteiger partial charge < -0.3 is 14.8 Å². The van der Waals surface area contributed by atoms with Crippen LogP contribution >= 0.6 is 0 Å². The molecule has 0 heterocycles. The van der Waals surface area contributed by atoms with Crippen molar-refractivity contribution in [1.82, 2.24) is 5.32 Å². The molecule has 1 fully saturated rings. The highest BCUT2D eigenvalue weighted by molar-refractivity contribution is 5.76. The Morgan fingerprint density at radius 3 is 2.55 bits per heavy atom. The van der Waals surface area contributed by atoms with Gasteiger partial charge in [0.1, 0.15) is 0 Å². The van der Waals surface area contributed by atoms with Crippen molar-refractivity contribution >= 4 is 5.91 Å². The molecule has 0 saturated heterocycles. The molecule has 1 aliphatic rings. The number of methoxy groups -OCH3 is 2. The predicted molar refractivity (Wildman–Crippen MR) is 87.3 cm³/mol. The van der Waals surface area contributed by atoms with Gasteiger partial charge in [0.2, 0.25) is 5.91 Å². The number of rotatable bonds is 7. The van der Waals surface area contributed by atoms with Crippen LogP contribution in [0.5, 0.6) is 11.5 Å². The molecule has 0 aliphatic heterocycles. The zero-order chi connectivity index (χ0) is 15.9. The van der Waals surface area contributed by atoms with Gasteiger partial charge in [0.05, 0.1) is 20.3 Å². The summed E-state index contributed by atoms with van der Waals surface area (Å²) in [6.45, 7) is 1.99. The van der Waals surface area contributed by atoms with E-state index < -0.39 is 0 Å². The van der Waals surface area contributed by atoms with Crippen LogP contribution in [0.4, 0.5) is 0 Å². The Morgan fingerprint density at radius 1 is 1.23 bits per heavy atom. The number of carbonyl (C=O) groups excluding carboxylic acids is 1. The van der Waals surface area contributed by atoms with E-state index in [4.69, 9.17) is 9.47 Å². The molecular formula is C18H27NO3. The van der Waals surface area contributed by atoms with Gasteiger partial charge in [0.15, 0.2) is 11.5 Å². The third-order valence-electron chi connectivity index (χ3n) is 4.54. The molecule has 1 N–H and O–H groups in total. The number of nitrogens with one attached hydrogen (secondary N) is 1. The van der Waals surface area contributed by atoms with E-state index in [1.807, 2.05) is 25.1 Å². The van der Waals surface area contributed by atoms with Gasteiger partial charge in [-0.25, -0.2) is 0 Å². The molecule has 1 atom stereocenters. The van der Waals surface area contributed by atoms with Crippen molar-refractivity contribution in [2.75, 3.05) is 14.2 Å². The second kappa shape index (κ2) is 8.06. The lowest BCUT2D eigenvalue weighted by atomic mass is 10.0. The van der Waals surface area contributed by atoms with E-state index in [1.54, 1.807) is 14.2 Å². The minimum atomic E-state index is -0.0316. The fourth-order valence-electron chi connectivity index (χ4n) is 3.15. The van der Waals surface area contributed by atoms with Crippen LogP contribution in [-0.4, -0.2) is 20.1 Å². The average Bonchev–Trinajstić information content (AvgIpc) is 3.05. The molecule has 0 aromatic heterocycles. The van der Waals surface area contributed by atoms with Gasteiger partial charge in [-0.2, -0.15) is 0 Å². The third-order valence-corrected chi connectivity index (χ3v) is 4.54. The number of amides is 1. The van der Waals surface area contributed by atoms with Crippen LogP contribution in [0, 0.1) is 5.92 Å². The van der Waals surface area contributed by atoms with Crippen molar-refractivity contribution in [3.8, 4) is 11.5 Å². The molecule has 4 nitrogen and oxygen atoms in total. The molecule has 1 aromatic carbocycles. The first-order chi connectivity index (χ1) is 10.6. The summed E-state index contributed by atoms with van der Waals surface area (Å²) in [5, 5.41) is 3.07. The fraction of sp³-hybridized carbons (Fsp3) is 0.611. The summed E-state index contributed by atoms with van der Waals surface area (Å²) in [5.41, 5.74) is 1.02. The zero-order valence-electron chi connectivity index (χ0n) is 13.9. The van der Waals surface area contributed by atoms with Crippen molar-refractivity contribution in [3.05, 3.63) is 23.8 Å². The maximum absolute atomic E-state index is 12.1. The third kappa shape index (κ3) is 4.39. The summed E-state index contributed by atoms with van der Waals surface area (Å²) in [7, 11) is 3.23. The lowest BCUT2D eigenvalue weighted by Gasteiger charge is -2.17. The first-order valence-corrected chi connectivity index (χ1v) is 8.15. The minimum absolute atomic E-state index is 0.0316. The van der Waals surface area contributed by atoms with E-state index >= 15 is 0 Å². The maximum Gasteiger partial charge on any atom is 0.220 e. The molecule has 1 unspecified atom stereocenters. The van der Waals surface area contributed by atoms with Crippen LogP contribution in [0.1, 0.15) is 57.1 Å². The van der Waals surface area contributed by atoms with Gasteiger partial charge >= 0.3 is 0 Å². The quantitative estimate of drug-likeness (QED) is 0.832. The zero-order valence-corrected chi connectivity index (χ0v) is 13.9. The van der Waals surface area contributed by atoms with Gasteiger partial charge in [-0.1, -0.05) is 31.7 Å². The van der Waals surface area contributed by atoms with E-state index in [-0.39, 0.29) is 11.9 Å². The van der Waals surface area contributed by atoms with Crippen LogP contribution < -0.4 is 14.8 Å². The monoisotopic (exact) mass is 305 g/mol. The number of hydrogen-bond donors (Lipinski definition) is 1. The SMILES string of the molecule is COc1ccc(C(C)NC(=O)CCC2CCCC2)cc1OC. The summed E-state index contributed by atoms with van der Waals surface area (Å²) in [6.07, 6.45) is 6.88. The summed E-state index contributed by atoms with van der Waals surface area (Å²) in [6, 6.07) is 5.72. The van der Waals surface area contributed by atoms with E-state index in [0.717, 1.165) is 17.9 Å². The van der Waals surface area contributed by atoms with E-state index in [2.05, 4.69) is 5.32 Å². The van der Waals surface area contributed by atoms with Crippen LogP contribution in [0.25, 0.3) is 0 Å². The Labute approximate surface area is 133 Å². The molecule has 22 heavy (non-hydrogen) atoms. The number of ether oxygens (including phenoxy) is 2. The maximum atomic E-state index is 12.1. The highest BCUT2D eigenvalue weighted by atomic mass is 16.5. The molecule has 1 aliphatic carbocycles. The smallest absolute Gasteiger partial charge is 0.220 e. The van der Waals surface area contributed by atoms with Crippen LogP contribution in [0.2, 0.25) is 0 Å². The minimum Gasteiger partial charge on any atom is -0.493 e. The number of benzene rings is 1. The lowest BCUT2D eigenvalue weighted by Crippen LogP contribution is -2.26. The van der Waals surface area contributed by atoms with Gasteiger partial charge in [-0.3, -0.25) is 4.79 Å². The molecular weight excluding hydrogens is 278 g/mol. The molecule has 122 valence electrons.